The van der Waals surface area contributed by atoms with E-state index in [-0.39, 0.29) is 17.6 Å². The molecule has 3 aliphatic rings. The number of halogens is 1. The van der Waals surface area contributed by atoms with Gasteiger partial charge >= 0.3 is 5.97 Å². The van der Waals surface area contributed by atoms with Gasteiger partial charge in [0.05, 0.1) is 5.54 Å². The van der Waals surface area contributed by atoms with Gasteiger partial charge in [-0.2, -0.15) is 0 Å². The normalized spacial score (nSPS) is 32.2. The van der Waals surface area contributed by atoms with Crippen LogP contribution in [0.3, 0.4) is 0 Å². The molecule has 1 saturated carbocycles. The van der Waals surface area contributed by atoms with Gasteiger partial charge in [-0.25, -0.2) is 0 Å². The Hall–Kier alpha value is -0.780. The van der Waals surface area contributed by atoms with E-state index in [1.54, 1.807) is 0 Å². The molecule has 0 aromatic carbocycles. The van der Waals surface area contributed by atoms with Gasteiger partial charge in [-0.15, -0.1) is 0 Å². The summed E-state index contributed by atoms with van der Waals surface area (Å²) in [7, 11) is 0. The molecule has 3 atom stereocenters. The predicted octanol–water partition coefficient (Wildman–Crippen LogP) is 5.21. The maximum Gasteiger partial charge on any atom is 0.322 e. The maximum atomic E-state index is 12.5. The molecule has 0 bridgehead atoms. The molecule has 138 valence electrons. The summed E-state index contributed by atoms with van der Waals surface area (Å²) in [6.45, 7) is 8.24. The van der Waals surface area contributed by atoms with Gasteiger partial charge in [0.25, 0.3) is 0 Å². The zero-order valence-electron chi connectivity index (χ0n) is 15.4. The molecule has 3 nitrogen and oxygen atoms in total. The lowest BCUT2D eigenvalue weighted by Gasteiger charge is -2.38. The lowest BCUT2D eigenvalue weighted by molar-refractivity contribution is -0.149. The highest BCUT2D eigenvalue weighted by atomic mass is 127. The van der Waals surface area contributed by atoms with Crippen LogP contribution in [0.1, 0.15) is 65.2 Å². The van der Waals surface area contributed by atoms with E-state index in [2.05, 4.69) is 52.7 Å². The Morgan fingerprint density at radius 2 is 2.20 bits per heavy atom. The monoisotopic (exact) mass is 455 g/mol. The van der Waals surface area contributed by atoms with Crippen LogP contribution < -0.4 is 5.32 Å². The summed E-state index contributed by atoms with van der Waals surface area (Å²) < 4.78 is 5.41. The minimum atomic E-state index is -0.466. The van der Waals surface area contributed by atoms with Gasteiger partial charge in [-0.3, -0.25) is 4.79 Å². The van der Waals surface area contributed by atoms with E-state index in [1.807, 2.05) is 13.8 Å². The first-order chi connectivity index (χ1) is 11.9. The number of allylic oxidation sites excluding steroid dienone is 2. The molecule has 3 unspecified atom stereocenters. The highest BCUT2D eigenvalue weighted by Crippen LogP contribution is 2.49. The Bertz CT molecular complexity index is 603. The molecule has 0 aromatic rings. The van der Waals surface area contributed by atoms with E-state index < -0.39 is 3.42 Å². The van der Waals surface area contributed by atoms with Crippen molar-refractivity contribution in [2.75, 3.05) is 0 Å². The fourth-order valence-electron chi connectivity index (χ4n) is 3.98. The zero-order valence-corrected chi connectivity index (χ0v) is 17.6. The van der Waals surface area contributed by atoms with Crippen LogP contribution in [0, 0.1) is 5.92 Å². The molecular weight excluding hydrogens is 425 g/mol. The summed E-state index contributed by atoms with van der Waals surface area (Å²) in [5.41, 5.74) is 2.29. The van der Waals surface area contributed by atoms with E-state index in [9.17, 15) is 4.79 Å². The van der Waals surface area contributed by atoms with Crippen LogP contribution in [-0.4, -0.2) is 21.0 Å². The molecular formula is C21H30INO2. The van der Waals surface area contributed by atoms with Crippen molar-refractivity contribution in [1.82, 2.24) is 5.32 Å². The van der Waals surface area contributed by atoms with E-state index >= 15 is 0 Å². The molecule has 25 heavy (non-hydrogen) atoms. The van der Waals surface area contributed by atoms with Crippen molar-refractivity contribution in [1.29, 1.82) is 0 Å². The number of hydrogen-bond acceptors (Lipinski definition) is 3. The number of nitrogens with one attached hydrogen (secondary N) is 1. The van der Waals surface area contributed by atoms with Crippen LogP contribution in [-0.2, 0) is 9.53 Å². The molecule has 2 fully saturated rings. The topological polar surface area (TPSA) is 38.3 Å². The van der Waals surface area contributed by atoms with Crippen LogP contribution in [0.2, 0.25) is 0 Å². The second-order valence-corrected chi connectivity index (χ2v) is 10.3. The average Bonchev–Trinajstić information content (AvgIpc) is 3.45. The smallest absolute Gasteiger partial charge is 0.322 e. The van der Waals surface area contributed by atoms with Gasteiger partial charge in [0, 0.05) is 5.70 Å². The summed E-state index contributed by atoms with van der Waals surface area (Å²) in [6.07, 6.45) is 15.3. The van der Waals surface area contributed by atoms with Gasteiger partial charge in [-0.1, -0.05) is 54.3 Å². The van der Waals surface area contributed by atoms with Crippen LogP contribution in [0.4, 0.5) is 0 Å². The summed E-state index contributed by atoms with van der Waals surface area (Å²) >= 11 is 2.20. The summed E-state index contributed by atoms with van der Waals surface area (Å²) in [4.78, 5) is 12.5. The number of rotatable bonds is 5. The predicted molar refractivity (Wildman–Crippen MR) is 111 cm³/mol. The molecule has 4 heteroatoms. The van der Waals surface area contributed by atoms with E-state index in [0.29, 0.717) is 5.92 Å². The Morgan fingerprint density at radius 3 is 2.80 bits per heavy atom. The average molecular weight is 455 g/mol. The second kappa shape index (κ2) is 7.45. The number of ether oxygens (including phenoxy) is 1. The highest BCUT2D eigenvalue weighted by Gasteiger charge is 2.49. The third kappa shape index (κ3) is 3.99. The molecule has 1 saturated heterocycles. The van der Waals surface area contributed by atoms with E-state index in [4.69, 9.17) is 4.74 Å². The first kappa shape index (κ1) is 19.0. The first-order valence-electron chi connectivity index (χ1n) is 9.63. The molecule has 0 spiro atoms. The molecule has 0 radical (unpaired) electrons. The number of carbonyl (C=O) groups excluding carboxylic acids is 1. The minimum absolute atomic E-state index is 0.00640. The Labute approximate surface area is 165 Å². The Morgan fingerprint density at radius 1 is 1.44 bits per heavy atom. The minimum Gasteiger partial charge on any atom is -0.455 e. The number of carbonyl (C=O) groups is 1. The van der Waals surface area contributed by atoms with Crippen molar-refractivity contribution < 1.29 is 9.53 Å². The van der Waals surface area contributed by atoms with Crippen LogP contribution in [0.15, 0.2) is 36.1 Å². The van der Waals surface area contributed by atoms with Crippen molar-refractivity contribution in [3.05, 3.63) is 36.1 Å². The molecule has 1 N–H and O–H groups in total. The van der Waals surface area contributed by atoms with Crippen LogP contribution >= 0.6 is 22.6 Å². The van der Waals surface area contributed by atoms with Crippen LogP contribution in [0.5, 0.6) is 0 Å². The summed E-state index contributed by atoms with van der Waals surface area (Å²) in [5, 5.41) is 3.76. The second-order valence-electron chi connectivity index (χ2n) is 7.87. The highest BCUT2D eigenvalue weighted by molar-refractivity contribution is 14.1. The third-order valence-electron chi connectivity index (χ3n) is 5.93. The van der Waals surface area contributed by atoms with Crippen molar-refractivity contribution in [2.24, 2.45) is 5.92 Å². The van der Waals surface area contributed by atoms with E-state index in [1.165, 1.54) is 18.4 Å². The molecule has 0 amide bonds. The summed E-state index contributed by atoms with van der Waals surface area (Å²) in [6, 6.07) is 0. The zero-order chi connectivity index (χ0) is 18.1. The first-order valence-corrected chi connectivity index (χ1v) is 10.7. The summed E-state index contributed by atoms with van der Waals surface area (Å²) in [5.74, 6) is 0.553. The van der Waals surface area contributed by atoms with Gasteiger partial charge in [0.15, 0.2) is 0 Å². The third-order valence-corrected chi connectivity index (χ3v) is 7.14. The molecule has 2 aliphatic carbocycles. The Kier molecular flexibility index (Phi) is 5.66. The number of hydrogen-bond donors (Lipinski definition) is 1. The Balaban J connectivity index is 1.77. The lowest BCUT2D eigenvalue weighted by Crippen LogP contribution is -2.49. The molecule has 1 aliphatic heterocycles. The SMILES string of the molecule is C=C1NC(C2=CCCC=C2)(C2CC2)CCCC1OC(=O)C(C)(I)CC. The number of alkyl halides is 1. The lowest BCUT2D eigenvalue weighted by atomic mass is 9.78. The van der Waals surface area contributed by atoms with Gasteiger partial charge in [-0.05, 0) is 69.8 Å². The van der Waals surface area contributed by atoms with Gasteiger partial charge in [0.1, 0.15) is 9.53 Å². The maximum absolute atomic E-state index is 12.5. The fourth-order valence-corrected chi connectivity index (χ4v) is 4.10. The fraction of sp³-hybridized carbons (Fsp3) is 0.667. The quantitative estimate of drug-likeness (QED) is 0.351. The van der Waals surface area contributed by atoms with Crippen molar-refractivity contribution in [3.8, 4) is 0 Å². The van der Waals surface area contributed by atoms with Gasteiger partial charge in [0.2, 0.25) is 0 Å². The van der Waals surface area contributed by atoms with E-state index in [0.717, 1.165) is 44.2 Å². The standard InChI is InChI=1S/C21H30INO2/c1-4-20(3,22)19(24)25-18-11-8-14-21(17-12-13-17,23-15(18)2)16-9-6-5-7-10-16/h6,9-10,17-18,23H,2,4-5,7-8,11-14H2,1,3H3. The largest absolute Gasteiger partial charge is 0.455 e. The molecule has 3 rings (SSSR count). The molecule has 1 heterocycles. The van der Waals surface area contributed by atoms with Crippen LogP contribution in [0.25, 0.3) is 0 Å². The van der Waals surface area contributed by atoms with Gasteiger partial charge < -0.3 is 10.1 Å². The van der Waals surface area contributed by atoms with Crippen molar-refractivity contribution in [2.45, 2.75) is 80.3 Å². The van der Waals surface area contributed by atoms with Crippen molar-refractivity contribution >= 4 is 28.6 Å². The number of esters is 1. The van der Waals surface area contributed by atoms with Crippen molar-refractivity contribution in [3.63, 3.8) is 0 Å². The molecule has 0 aromatic heterocycles.